The Hall–Kier alpha value is -0.0800. The topological polar surface area (TPSA) is 12.5 Å². The molecule has 0 N–H and O–H groups in total. The molecule has 16 heavy (non-hydrogen) atoms. The summed E-state index contributed by atoms with van der Waals surface area (Å²) in [6.07, 6.45) is 1.21. The average molecular weight is 229 g/mol. The highest BCUT2D eigenvalue weighted by Gasteiger charge is 2.42. The number of hydrogen-bond acceptors (Lipinski definition) is 2. The number of nitrogens with zero attached hydrogens (tertiary/aromatic N) is 1. The minimum Gasteiger partial charge on any atom is -0.384 e. The van der Waals surface area contributed by atoms with Crippen molar-refractivity contribution in [3.63, 3.8) is 0 Å². The van der Waals surface area contributed by atoms with Crippen LogP contribution in [0, 0.1) is 16.7 Å². The Bertz CT molecular complexity index is 181. The van der Waals surface area contributed by atoms with E-state index in [1.54, 1.807) is 0 Å². The minimum atomic E-state index is 0.236. The largest absolute Gasteiger partial charge is 0.384 e. The highest BCUT2D eigenvalue weighted by Crippen LogP contribution is 2.44. The smallest absolute Gasteiger partial charge is 0.0536 e. The van der Waals surface area contributed by atoms with E-state index in [-0.39, 0.29) is 10.8 Å². The lowest BCUT2D eigenvalue weighted by Crippen LogP contribution is -2.48. The van der Waals surface area contributed by atoms with Gasteiger partial charge in [0.25, 0.3) is 0 Å². The van der Waals surface area contributed by atoms with E-state index in [1.165, 1.54) is 6.42 Å². The third kappa shape index (κ3) is 4.42. The Morgan fingerprint density at radius 1 is 1.12 bits per heavy atom. The van der Waals surface area contributed by atoms with Crippen molar-refractivity contribution in [3.8, 4) is 0 Å². The molecule has 0 saturated heterocycles. The van der Waals surface area contributed by atoms with E-state index in [2.05, 4.69) is 53.6 Å². The van der Waals surface area contributed by atoms with E-state index in [9.17, 15) is 0 Å². The van der Waals surface area contributed by atoms with Crippen LogP contribution in [0.1, 0.15) is 41.0 Å². The van der Waals surface area contributed by atoms with Crippen LogP contribution in [0.25, 0.3) is 0 Å². The standard InChI is InChI=1S/C14H31NO/c1-12(2)9-14(11-16-8,10-15(6)7)13(3,4)5/h12H,9-11H2,1-8H3. The maximum atomic E-state index is 5.51. The van der Waals surface area contributed by atoms with Gasteiger partial charge in [0.05, 0.1) is 6.61 Å². The highest BCUT2D eigenvalue weighted by atomic mass is 16.5. The van der Waals surface area contributed by atoms with Gasteiger partial charge in [0, 0.05) is 19.1 Å². The maximum absolute atomic E-state index is 5.51. The number of rotatable bonds is 6. The molecule has 0 bridgehead atoms. The van der Waals surface area contributed by atoms with Crippen LogP contribution >= 0.6 is 0 Å². The molecule has 1 unspecified atom stereocenters. The predicted molar refractivity (Wildman–Crippen MR) is 71.8 cm³/mol. The maximum Gasteiger partial charge on any atom is 0.0536 e. The third-order valence-corrected chi connectivity index (χ3v) is 3.43. The lowest BCUT2D eigenvalue weighted by molar-refractivity contribution is -0.0392. The average Bonchev–Trinajstić information content (AvgIpc) is 1.99. The predicted octanol–water partition coefficient (Wildman–Crippen LogP) is 3.27. The summed E-state index contributed by atoms with van der Waals surface area (Å²) < 4.78 is 5.51. The second kappa shape index (κ2) is 6.02. The Morgan fingerprint density at radius 2 is 1.62 bits per heavy atom. The highest BCUT2D eigenvalue weighted by molar-refractivity contribution is 4.92. The summed E-state index contributed by atoms with van der Waals surface area (Å²) in [5.41, 5.74) is 0.497. The molecule has 0 radical (unpaired) electrons. The Labute approximate surface area is 102 Å². The van der Waals surface area contributed by atoms with Crippen LogP contribution in [0.2, 0.25) is 0 Å². The quantitative estimate of drug-likeness (QED) is 0.693. The van der Waals surface area contributed by atoms with Gasteiger partial charge in [0.1, 0.15) is 0 Å². The SMILES string of the molecule is COCC(CC(C)C)(CN(C)C)C(C)(C)C. The monoisotopic (exact) mass is 229 g/mol. The van der Waals surface area contributed by atoms with Gasteiger partial charge in [-0.1, -0.05) is 34.6 Å². The molecular weight excluding hydrogens is 198 g/mol. The lowest BCUT2D eigenvalue weighted by atomic mass is 9.63. The van der Waals surface area contributed by atoms with Crippen molar-refractivity contribution >= 4 is 0 Å². The molecule has 0 aromatic carbocycles. The second-order valence-electron chi connectivity index (χ2n) is 6.80. The fourth-order valence-electron chi connectivity index (χ4n) is 2.59. The van der Waals surface area contributed by atoms with Crippen molar-refractivity contribution in [1.29, 1.82) is 0 Å². The Kier molecular flexibility index (Phi) is 5.99. The zero-order valence-electron chi connectivity index (χ0n) is 12.6. The van der Waals surface area contributed by atoms with Crippen molar-refractivity contribution in [2.75, 3.05) is 34.4 Å². The molecule has 1 atom stereocenters. The zero-order chi connectivity index (χ0) is 13.0. The molecule has 0 rings (SSSR count). The number of methoxy groups -OCH3 is 1. The van der Waals surface area contributed by atoms with Crippen molar-refractivity contribution in [1.82, 2.24) is 4.90 Å². The second-order valence-corrected chi connectivity index (χ2v) is 6.80. The summed E-state index contributed by atoms with van der Waals surface area (Å²) in [6.45, 7) is 13.5. The molecule has 0 heterocycles. The van der Waals surface area contributed by atoms with Gasteiger partial charge in [0.2, 0.25) is 0 Å². The van der Waals surface area contributed by atoms with Crippen LogP contribution in [0.4, 0.5) is 0 Å². The summed E-state index contributed by atoms with van der Waals surface area (Å²) in [7, 11) is 6.11. The van der Waals surface area contributed by atoms with Gasteiger partial charge in [0.15, 0.2) is 0 Å². The van der Waals surface area contributed by atoms with Crippen LogP contribution in [-0.4, -0.2) is 39.3 Å². The molecule has 0 fully saturated rings. The molecule has 0 aliphatic heterocycles. The number of ether oxygens (including phenoxy) is 1. The fraction of sp³-hybridized carbons (Fsp3) is 1.00. The first-order valence-corrected chi connectivity index (χ1v) is 6.28. The summed E-state index contributed by atoms with van der Waals surface area (Å²) in [6, 6.07) is 0. The van der Waals surface area contributed by atoms with Gasteiger partial charge < -0.3 is 9.64 Å². The molecule has 2 nitrogen and oxygen atoms in total. The van der Waals surface area contributed by atoms with Gasteiger partial charge in [-0.2, -0.15) is 0 Å². The van der Waals surface area contributed by atoms with Gasteiger partial charge in [-0.05, 0) is 31.8 Å². The van der Waals surface area contributed by atoms with E-state index in [1.807, 2.05) is 7.11 Å². The molecule has 0 saturated carbocycles. The summed E-state index contributed by atoms with van der Waals surface area (Å²) in [4.78, 5) is 2.28. The van der Waals surface area contributed by atoms with E-state index in [0.29, 0.717) is 5.92 Å². The fourth-order valence-corrected chi connectivity index (χ4v) is 2.59. The normalized spacial score (nSPS) is 16.9. The number of hydrogen-bond donors (Lipinski definition) is 0. The first-order chi connectivity index (χ1) is 7.14. The van der Waals surface area contributed by atoms with Crippen molar-refractivity contribution in [2.24, 2.45) is 16.7 Å². The van der Waals surface area contributed by atoms with Crippen molar-refractivity contribution in [2.45, 2.75) is 41.0 Å². The van der Waals surface area contributed by atoms with Crippen LogP contribution < -0.4 is 0 Å². The molecule has 0 aliphatic carbocycles. The first kappa shape index (κ1) is 15.9. The van der Waals surface area contributed by atoms with E-state index in [4.69, 9.17) is 4.74 Å². The Morgan fingerprint density at radius 3 is 1.88 bits per heavy atom. The van der Waals surface area contributed by atoms with Crippen molar-refractivity contribution in [3.05, 3.63) is 0 Å². The molecule has 98 valence electrons. The van der Waals surface area contributed by atoms with E-state index >= 15 is 0 Å². The van der Waals surface area contributed by atoms with Gasteiger partial charge >= 0.3 is 0 Å². The first-order valence-electron chi connectivity index (χ1n) is 6.28. The Balaban J connectivity index is 5.04. The van der Waals surface area contributed by atoms with Crippen molar-refractivity contribution < 1.29 is 4.74 Å². The van der Waals surface area contributed by atoms with Gasteiger partial charge in [-0.25, -0.2) is 0 Å². The molecular formula is C14H31NO. The van der Waals surface area contributed by atoms with Crippen LogP contribution in [0.3, 0.4) is 0 Å². The van der Waals surface area contributed by atoms with Gasteiger partial charge in [-0.15, -0.1) is 0 Å². The molecule has 0 spiro atoms. The molecule has 0 amide bonds. The summed E-state index contributed by atoms with van der Waals surface area (Å²) in [5.74, 6) is 0.703. The zero-order valence-corrected chi connectivity index (χ0v) is 12.6. The molecule has 0 aromatic rings. The van der Waals surface area contributed by atoms with Crippen LogP contribution in [0.5, 0.6) is 0 Å². The van der Waals surface area contributed by atoms with E-state index in [0.717, 1.165) is 13.2 Å². The van der Waals surface area contributed by atoms with Crippen LogP contribution in [-0.2, 0) is 4.74 Å². The summed E-state index contributed by atoms with van der Waals surface area (Å²) in [5, 5.41) is 0. The molecule has 0 aromatic heterocycles. The summed E-state index contributed by atoms with van der Waals surface area (Å²) >= 11 is 0. The van der Waals surface area contributed by atoms with Gasteiger partial charge in [-0.3, -0.25) is 0 Å². The lowest BCUT2D eigenvalue weighted by Gasteiger charge is -2.47. The molecule has 2 heteroatoms. The van der Waals surface area contributed by atoms with E-state index < -0.39 is 0 Å². The van der Waals surface area contributed by atoms with Crippen LogP contribution in [0.15, 0.2) is 0 Å². The third-order valence-electron chi connectivity index (χ3n) is 3.43. The molecule has 0 aliphatic rings. The minimum absolute atomic E-state index is 0.236.